The van der Waals surface area contributed by atoms with Gasteiger partial charge >= 0.3 is 23.9 Å². The third-order valence-corrected chi connectivity index (χ3v) is 4.22. The standard InChI is InChI=1S/C23H18O10/c1-11(24)30-16-9-17(31-12(2)25)20-18(10-16)33-22(23(21(20)29)32-13(3)26)15-6-4-14(5-7-15)8-19(27)28/h4-7,9-10H,8H2,1-3H3,(H,27,28). The van der Waals surface area contributed by atoms with Gasteiger partial charge in [0.25, 0.3) is 0 Å². The molecule has 170 valence electrons. The Bertz CT molecular complexity index is 1330. The molecule has 3 rings (SSSR count). The van der Waals surface area contributed by atoms with Crippen molar-refractivity contribution >= 4 is 34.8 Å². The van der Waals surface area contributed by atoms with E-state index in [1.54, 1.807) is 0 Å². The number of carbonyl (C=O) groups excluding carboxylic acids is 3. The van der Waals surface area contributed by atoms with Crippen LogP contribution in [-0.4, -0.2) is 29.0 Å². The normalized spacial score (nSPS) is 10.5. The summed E-state index contributed by atoms with van der Waals surface area (Å²) >= 11 is 0. The fourth-order valence-electron chi connectivity index (χ4n) is 3.08. The van der Waals surface area contributed by atoms with E-state index in [1.165, 1.54) is 43.3 Å². The number of hydrogen-bond donors (Lipinski definition) is 1. The molecular weight excluding hydrogens is 436 g/mol. The summed E-state index contributed by atoms with van der Waals surface area (Å²) in [6, 6.07) is 8.46. The van der Waals surface area contributed by atoms with Gasteiger partial charge in [-0.1, -0.05) is 24.3 Å². The van der Waals surface area contributed by atoms with Crippen molar-refractivity contribution in [2.45, 2.75) is 27.2 Å². The number of carboxylic acid groups (broad SMARTS) is 1. The maximum atomic E-state index is 13.3. The molecule has 1 heterocycles. The van der Waals surface area contributed by atoms with Gasteiger partial charge in [0, 0.05) is 38.5 Å². The quantitative estimate of drug-likeness (QED) is 0.435. The van der Waals surface area contributed by atoms with Gasteiger partial charge in [0.15, 0.2) is 5.76 Å². The molecule has 10 heteroatoms. The van der Waals surface area contributed by atoms with Gasteiger partial charge in [-0.25, -0.2) is 0 Å². The molecule has 0 amide bonds. The van der Waals surface area contributed by atoms with Crippen molar-refractivity contribution in [1.29, 1.82) is 0 Å². The molecule has 10 nitrogen and oxygen atoms in total. The first-order valence-corrected chi connectivity index (χ1v) is 9.56. The molecule has 0 fully saturated rings. The zero-order valence-electron chi connectivity index (χ0n) is 17.8. The number of rotatable bonds is 6. The zero-order chi connectivity index (χ0) is 24.3. The van der Waals surface area contributed by atoms with Crippen LogP contribution < -0.4 is 19.6 Å². The molecule has 1 N–H and O–H groups in total. The minimum Gasteiger partial charge on any atom is -0.481 e. The number of esters is 3. The van der Waals surface area contributed by atoms with Crippen LogP contribution in [0, 0.1) is 0 Å². The van der Waals surface area contributed by atoms with Crippen molar-refractivity contribution in [3.8, 4) is 28.6 Å². The highest BCUT2D eigenvalue weighted by molar-refractivity contribution is 5.91. The number of hydrogen-bond acceptors (Lipinski definition) is 9. The van der Waals surface area contributed by atoms with E-state index in [2.05, 4.69) is 0 Å². The summed E-state index contributed by atoms with van der Waals surface area (Å²) in [7, 11) is 0. The first kappa shape index (κ1) is 23.2. The van der Waals surface area contributed by atoms with E-state index in [1.807, 2.05) is 0 Å². The minimum absolute atomic E-state index is 0.0441. The van der Waals surface area contributed by atoms with Crippen LogP contribution in [0.25, 0.3) is 22.3 Å². The van der Waals surface area contributed by atoms with Gasteiger partial charge < -0.3 is 23.7 Å². The average Bonchev–Trinajstić information content (AvgIpc) is 2.68. The predicted molar refractivity (Wildman–Crippen MR) is 113 cm³/mol. The molecule has 3 aromatic rings. The van der Waals surface area contributed by atoms with Gasteiger partial charge in [0.1, 0.15) is 22.5 Å². The van der Waals surface area contributed by atoms with Crippen LogP contribution in [0.4, 0.5) is 0 Å². The van der Waals surface area contributed by atoms with Crippen molar-refractivity contribution in [3.05, 3.63) is 52.2 Å². The van der Waals surface area contributed by atoms with Crippen molar-refractivity contribution in [1.82, 2.24) is 0 Å². The summed E-state index contributed by atoms with van der Waals surface area (Å²) in [5.74, 6) is -4.08. The molecule has 0 aliphatic heterocycles. The monoisotopic (exact) mass is 454 g/mol. The highest BCUT2D eigenvalue weighted by atomic mass is 16.6. The number of carbonyl (C=O) groups is 4. The van der Waals surface area contributed by atoms with E-state index in [-0.39, 0.29) is 34.6 Å². The van der Waals surface area contributed by atoms with E-state index in [0.717, 1.165) is 13.8 Å². The lowest BCUT2D eigenvalue weighted by molar-refractivity contribution is -0.136. The molecule has 0 bridgehead atoms. The van der Waals surface area contributed by atoms with E-state index in [0.29, 0.717) is 11.1 Å². The molecule has 0 saturated heterocycles. The molecule has 33 heavy (non-hydrogen) atoms. The van der Waals surface area contributed by atoms with E-state index in [9.17, 15) is 24.0 Å². The Morgan fingerprint density at radius 1 is 0.879 bits per heavy atom. The lowest BCUT2D eigenvalue weighted by Crippen LogP contribution is -2.15. The number of carboxylic acids is 1. The molecule has 0 atom stereocenters. The minimum atomic E-state index is -1.02. The summed E-state index contributed by atoms with van der Waals surface area (Å²) in [5.41, 5.74) is -0.0961. The van der Waals surface area contributed by atoms with Gasteiger partial charge in [-0.05, 0) is 5.56 Å². The number of benzene rings is 2. The Balaban J connectivity index is 2.30. The molecule has 0 aliphatic rings. The number of aliphatic carboxylic acids is 1. The summed E-state index contributed by atoms with van der Waals surface area (Å²) in [5, 5.41) is 8.73. The third-order valence-electron chi connectivity index (χ3n) is 4.22. The van der Waals surface area contributed by atoms with E-state index < -0.39 is 35.1 Å². The van der Waals surface area contributed by atoms with Crippen LogP contribution in [0.2, 0.25) is 0 Å². The van der Waals surface area contributed by atoms with Crippen LogP contribution in [0.5, 0.6) is 17.2 Å². The smallest absolute Gasteiger partial charge is 0.308 e. The van der Waals surface area contributed by atoms with Crippen LogP contribution in [0.1, 0.15) is 26.3 Å². The van der Waals surface area contributed by atoms with Crippen LogP contribution in [0.3, 0.4) is 0 Å². The SMILES string of the molecule is CC(=O)Oc1cc(OC(C)=O)c2c(=O)c(OC(C)=O)c(-c3ccc(CC(=O)O)cc3)oc2c1. The predicted octanol–water partition coefficient (Wildman–Crippen LogP) is 2.86. The Morgan fingerprint density at radius 3 is 2.03 bits per heavy atom. The maximum absolute atomic E-state index is 13.3. The fraction of sp³-hybridized carbons (Fsp3) is 0.174. The molecule has 1 aromatic heterocycles. The van der Waals surface area contributed by atoms with E-state index in [4.69, 9.17) is 23.7 Å². The highest BCUT2D eigenvalue weighted by Crippen LogP contribution is 2.36. The highest BCUT2D eigenvalue weighted by Gasteiger charge is 2.24. The first-order chi connectivity index (χ1) is 15.5. The molecule has 0 saturated carbocycles. The molecular formula is C23H18O10. The van der Waals surface area contributed by atoms with Gasteiger partial charge in [-0.2, -0.15) is 0 Å². The van der Waals surface area contributed by atoms with Crippen molar-refractivity contribution in [2.75, 3.05) is 0 Å². The topological polar surface area (TPSA) is 146 Å². The van der Waals surface area contributed by atoms with Crippen LogP contribution >= 0.6 is 0 Å². The lowest BCUT2D eigenvalue weighted by atomic mass is 10.1. The van der Waals surface area contributed by atoms with Crippen LogP contribution in [-0.2, 0) is 25.6 Å². The van der Waals surface area contributed by atoms with Crippen molar-refractivity contribution < 1.29 is 42.9 Å². The molecule has 0 unspecified atom stereocenters. The van der Waals surface area contributed by atoms with Crippen LogP contribution in [0.15, 0.2) is 45.6 Å². The Labute approximate surface area is 186 Å². The summed E-state index contributed by atoms with van der Waals surface area (Å²) in [6.45, 7) is 3.38. The number of ether oxygens (including phenoxy) is 3. The molecule has 0 radical (unpaired) electrons. The van der Waals surface area contributed by atoms with Gasteiger partial charge in [0.2, 0.25) is 11.2 Å². The first-order valence-electron chi connectivity index (χ1n) is 9.56. The second kappa shape index (κ2) is 9.35. The van der Waals surface area contributed by atoms with Crippen molar-refractivity contribution in [3.63, 3.8) is 0 Å². The maximum Gasteiger partial charge on any atom is 0.308 e. The Morgan fingerprint density at radius 2 is 1.48 bits per heavy atom. The second-order valence-electron chi connectivity index (χ2n) is 6.93. The average molecular weight is 454 g/mol. The van der Waals surface area contributed by atoms with E-state index >= 15 is 0 Å². The third kappa shape index (κ3) is 5.42. The fourth-order valence-corrected chi connectivity index (χ4v) is 3.08. The molecule has 2 aromatic carbocycles. The van der Waals surface area contributed by atoms with Crippen molar-refractivity contribution in [2.24, 2.45) is 0 Å². The van der Waals surface area contributed by atoms with Gasteiger partial charge in [-0.15, -0.1) is 0 Å². The molecule has 0 aliphatic carbocycles. The summed E-state index contributed by atoms with van der Waals surface area (Å²) in [6.07, 6.45) is -0.212. The Hall–Kier alpha value is -4.47. The summed E-state index contributed by atoms with van der Waals surface area (Å²) < 4.78 is 21.1. The Kier molecular flexibility index (Phi) is 6.57. The summed E-state index contributed by atoms with van der Waals surface area (Å²) in [4.78, 5) is 58.9. The lowest BCUT2D eigenvalue weighted by Gasteiger charge is -2.13. The zero-order valence-corrected chi connectivity index (χ0v) is 17.8. The molecule has 0 spiro atoms. The second-order valence-corrected chi connectivity index (χ2v) is 6.93. The van der Waals surface area contributed by atoms with Gasteiger partial charge in [-0.3, -0.25) is 24.0 Å². The van der Waals surface area contributed by atoms with Gasteiger partial charge in [0.05, 0.1) is 6.42 Å². The number of fused-ring (bicyclic) bond motifs is 1. The largest absolute Gasteiger partial charge is 0.481 e.